The molecule has 1 heterocycles. The molecular weight excluding hydrogens is 372 g/mol. The summed E-state index contributed by atoms with van der Waals surface area (Å²) in [6, 6.07) is 14.4. The van der Waals surface area contributed by atoms with Gasteiger partial charge in [0.15, 0.2) is 0 Å². The molecule has 156 valence electrons. The van der Waals surface area contributed by atoms with Crippen LogP contribution in [-0.4, -0.2) is 16.7 Å². The summed E-state index contributed by atoms with van der Waals surface area (Å²) in [5.74, 6) is 1.59. The minimum atomic E-state index is 0.461. The van der Waals surface area contributed by atoms with Gasteiger partial charge in [-0.05, 0) is 73.4 Å². The number of rotatable bonds is 5. The van der Waals surface area contributed by atoms with Crippen LogP contribution in [-0.2, 0) is 19.3 Å². The highest BCUT2D eigenvalue weighted by Gasteiger charge is 2.19. The zero-order chi connectivity index (χ0) is 21.5. The molecule has 0 atom stereocenters. The number of fused-ring (bicyclic) bond motifs is 1. The summed E-state index contributed by atoms with van der Waals surface area (Å²) in [4.78, 5) is 4.61. The van der Waals surface area contributed by atoms with E-state index < -0.39 is 0 Å². The zero-order valence-electron chi connectivity index (χ0n) is 18.1. The maximum absolute atomic E-state index is 9.48. The van der Waals surface area contributed by atoms with E-state index in [1.807, 2.05) is 18.2 Å². The maximum atomic E-state index is 9.48. The van der Waals surface area contributed by atoms with Crippen molar-refractivity contribution in [3.05, 3.63) is 58.7 Å². The molecule has 0 bridgehead atoms. The van der Waals surface area contributed by atoms with Crippen LogP contribution in [0, 0.1) is 17.2 Å². The summed E-state index contributed by atoms with van der Waals surface area (Å²) in [5.41, 5.74) is 11.3. The Morgan fingerprint density at radius 2 is 2.00 bits per heavy atom. The summed E-state index contributed by atoms with van der Waals surface area (Å²) in [7, 11) is 0. The van der Waals surface area contributed by atoms with Gasteiger partial charge in [-0.2, -0.15) is 10.2 Å². The Morgan fingerprint density at radius 1 is 1.20 bits per heavy atom. The van der Waals surface area contributed by atoms with Gasteiger partial charge in [0.2, 0.25) is 5.82 Å². The Hall–Kier alpha value is -2.97. The summed E-state index contributed by atoms with van der Waals surface area (Å²) >= 11 is 0. The number of nitrogens with two attached hydrogens (primary N) is 1. The molecule has 1 aliphatic rings. The van der Waals surface area contributed by atoms with E-state index in [1.165, 1.54) is 17.5 Å². The van der Waals surface area contributed by atoms with Crippen LogP contribution in [0.15, 0.2) is 40.9 Å². The highest BCUT2D eigenvalue weighted by molar-refractivity contribution is 5.66. The molecule has 1 aromatic heterocycles. The van der Waals surface area contributed by atoms with Gasteiger partial charge in [0.25, 0.3) is 5.89 Å². The largest absolute Gasteiger partial charge is 0.334 e. The van der Waals surface area contributed by atoms with Crippen molar-refractivity contribution >= 4 is 0 Å². The summed E-state index contributed by atoms with van der Waals surface area (Å²) in [6.07, 6.45) is 5.35. The molecule has 1 aliphatic carbocycles. The molecule has 0 unspecified atom stereocenters. The molecule has 0 spiro atoms. The molecule has 0 saturated heterocycles. The second kappa shape index (κ2) is 10.2. The topological polar surface area (TPSA) is 88.7 Å². The molecule has 3 aromatic rings. The number of aromatic nitrogens is 2. The first-order valence-electron chi connectivity index (χ1n) is 10.8. The molecule has 0 radical (unpaired) electrons. The average molecular weight is 403 g/mol. The van der Waals surface area contributed by atoms with E-state index in [0.717, 1.165) is 48.9 Å². The lowest BCUT2D eigenvalue weighted by molar-refractivity contribution is 0.432. The van der Waals surface area contributed by atoms with Crippen molar-refractivity contribution in [2.24, 2.45) is 11.7 Å². The highest BCUT2D eigenvalue weighted by atomic mass is 16.5. The normalized spacial score (nSPS) is 12.3. The fourth-order valence-electron chi connectivity index (χ4n) is 3.71. The van der Waals surface area contributed by atoms with E-state index in [2.05, 4.69) is 55.2 Å². The van der Waals surface area contributed by atoms with Crippen LogP contribution in [0.25, 0.3) is 22.8 Å². The number of nitriles is 1. The van der Waals surface area contributed by atoms with Crippen LogP contribution in [0.4, 0.5) is 0 Å². The lowest BCUT2D eigenvalue weighted by Crippen LogP contribution is -1.97. The van der Waals surface area contributed by atoms with Gasteiger partial charge in [-0.1, -0.05) is 50.2 Å². The predicted molar refractivity (Wildman–Crippen MR) is 120 cm³/mol. The van der Waals surface area contributed by atoms with Gasteiger partial charge in [-0.3, -0.25) is 0 Å². The predicted octanol–water partition coefficient (Wildman–Crippen LogP) is 5.32. The fourth-order valence-corrected chi connectivity index (χ4v) is 3.71. The van der Waals surface area contributed by atoms with Crippen LogP contribution < -0.4 is 5.73 Å². The van der Waals surface area contributed by atoms with Gasteiger partial charge in [0.1, 0.15) is 0 Å². The van der Waals surface area contributed by atoms with E-state index >= 15 is 0 Å². The maximum Gasteiger partial charge on any atom is 0.258 e. The molecule has 0 saturated carbocycles. The highest BCUT2D eigenvalue weighted by Crippen LogP contribution is 2.32. The minimum absolute atomic E-state index is 0.461. The van der Waals surface area contributed by atoms with Gasteiger partial charge in [0.05, 0.1) is 11.6 Å². The molecule has 0 aliphatic heterocycles. The second-order valence-corrected chi connectivity index (χ2v) is 8.09. The Kier molecular flexibility index (Phi) is 7.37. The van der Waals surface area contributed by atoms with Gasteiger partial charge >= 0.3 is 0 Å². The number of nitrogens with zero attached hydrogens (tertiary/aromatic N) is 3. The lowest BCUT2D eigenvalue weighted by atomic mass is 9.97. The van der Waals surface area contributed by atoms with Crippen LogP contribution in [0.2, 0.25) is 0 Å². The van der Waals surface area contributed by atoms with Gasteiger partial charge in [-0.15, -0.1) is 0 Å². The standard InChI is InChI=1S/C22H21N3O.C3H9N/c1-14(2)11-16-9-10-17(12-18(16)13-23)22-24-21(25-26-22)20-8-4-6-15-5-3-7-19(15)20;1-2-3-4/h4,6,8-10,12,14H,3,5,7,11H2,1-2H3;2-4H2,1H3. The first-order chi connectivity index (χ1) is 14.6. The average Bonchev–Trinajstić information content (AvgIpc) is 3.43. The van der Waals surface area contributed by atoms with Crippen molar-refractivity contribution < 1.29 is 4.52 Å². The number of benzene rings is 2. The van der Waals surface area contributed by atoms with E-state index in [4.69, 9.17) is 10.3 Å². The third-order valence-corrected chi connectivity index (χ3v) is 5.21. The van der Waals surface area contributed by atoms with Crippen molar-refractivity contribution in [1.29, 1.82) is 5.26 Å². The van der Waals surface area contributed by atoms with Crippen molar-refractivity contribution in [3.63, 3.8) is 0 Å². The molecule has 2 N–H and O–H groups in total. The van der Waals surface area contributed by atoms with Crippen molar-refractivity contribution in [1.82, 2.24) is 10.1 Å². The Balaban J connectivity index is 0.000000589. The monoisotopic (exact) mass is 402 g/mol. The van der Waals surface area contributed by atoms with E-state index in [-0.39, 0.29) is 0 Å². The SMILES string of the molecule is CC(C)Cc1ccc(-c2nc(-c3cccc4c3CCC4)no2)cc1C#N.CCCN. The van der Waals surface area contributed by atoms with Crippen molar-refractivity contribution in [2.75, 3.05) is 6.54 Å². The van der Waals surface area contributed by atoms with Gasteiger partial charge in [-0.25, -0.2) is 0 Å². The molecule has 30 heavy (non-hydrogen) atoms. The first-order valence-corrected chi connectivity index (χ1v) is 10.8. The summed E-state index contributed by atoms with van der Waals surface area (Å²) < 4.78 is 5.51. The van der Waals surface area contributed by atoms with E-state index in [1.54, 1.807) is 0 Å². The van der Waals surface area contributed by atoms with Crippen LogP contribution in [0.1, 0.15) is 55.9 Å². The summed E-state index contributed by atoms with van der Waals surface area (Å²) in [6.45, 7) is 7.18. The van der Waals surface area contributed by atoms with Crippen molar-refractivity contribution in [2.45, 2.75) is 52.9 Å². The molecule has 0 fully saturated rings. The van der Waals surface area contributed by atoms with Crippen LogP contribution >= 0.6 is 0 Å². The van der Waals surface area contributed by atoms with Crippen molar-refractivity contribution in [3.8, 4) is 28.9 Å². The van der Waals surface area contributed by atoms with Gasteiger partial charge in [0, 0.05) is 11.1 Å². The third kappa shape index (κ3) is 4.95. The zero-order valence-corrected chi connectivity index (χ0v) is 18.1. The molecule has 2 aromatic carbocycles. The van der Waals surface area contributed by atoms with E-state index in [9.17, 15) is 5.26 Å². The summed E-state index contributed by atoms with van der Waals surface area (Å²) in [5, 5.41) is 13.7. The second-order valence-electron chi connectivity index (χ2n) is 8.09. The molecule has 5 heteroatoms. The quantitative estimate of drug-likeness (QED) is 0.624. The first kappa shape index (κ1) is 21.7. The van der Waals surface area contributed by atoms with Crippen LogP contribution in [0.5, 0.6) is 0 Å². The van der Waals surface area contributed by atoms with Gasteiger partial charge < -0.3 is 10.3 Å². The molecule has 0 amide bonds. The Labute approximate surface area is 178 Å². The molecular formula is C25H30N4O. The number of aryl methyl sites for hydroxylation is 1. The fraction of sp³-hybridized carbons (Fsp3) is 0.400. The molecule has 5 nitrogen and oxygen atoms in total. The molecule has 4 rings (SSSR count). The van der Waals surface area contributed by atoms with E-state index in [0.29, 0.717) is 23.2 Å². The number of hydrogen-bond donors (Lipinski definition) is 1. The third-order valence-electron chi connectivity index (χ3n) is 5.21. The Morgan fingerprint density at radius 3 is 2.70 bits per heavy atom. The Bertz CT molecular complexity index is 1030. The lowest BCUT2D eigenvalue weighted by Gasteiger charge is -2.07. The number of hydrogen-bond acceptors (Lipinski definition) is 5. The smallest absolute Gasteiger partial charge is 0.258 e. The minimum Gasteiger partial charge on any atom is -0.334 e. The van der Waals surface area contributed by atoms with Crippen LogP contribution in [0.3, 0.4) is 0 Å².